The molecule has 3 nitrogen and oxygen atoms in total. The van der Waals surface area contributed by atoms with E-state index in [4.69, 9.17) is 9.47 Å². The van der Waals surface area contributed by atoms with Gasteiger partial charge in [-0.1, -0.05) is 53.9 Å². The van der Waals surface area contributed by atoms with Crippen LogP contribution in [-0.4, -0.2) is 25.8 Å². The van der Waals surface area contributed by atoms with Gasteiger partial charge in [-0.2, -0.15) is 0 Å². The third-order valence-electron chi connectivity index (χ3n) is 13.1. The summed E-state index contributed by atoms with van der Waals surface area (Å²) in [5.41, 5.74) is 0.823. The molecule has 5 saturated carbocycles. The van der Waals surface area contributed by atoms with Gasteiger partial charge in [0, 0.05) is 26.1 Å². The van der Waals surface area contributed by atoms with Gasteiger partial charge in [-0.3, -0.25) is 4.79 Å². The van der Waals surface area contributed by atoms with E-state index in [9.17, 15) is 4.79 Å². The summed E-state index contributed by atoms with van der Waals surface area (Å²) in [7, 11) is 3.26. The number of carbonyl (C=O) groups excluding carboxylic acids is 1. The molecular weight excluding hydrogens is 432 g/mol. The van der Waals surface area contributed by atoms with E-state index in [2.05, 4.69) is 34.6 Å². The fraction of sp³-hybridized carbons (Fsp3) is 0.969. The van der Waals surface area contributed by atoms with Crippen molar-refractivity contribution in [3.05, 3.63) is 0 Å². The molecule has 0 aromatic rings. The summed E-state index contributed by atoms with van der Waals surface area (Å²) in [4.78, 5) is 13.3. The van der Waals surface area contributed by atoms with E-state index in [0.717, 1.165) is 54.8 Å². The number of hydrogen-bond donors (Lipinski definition) is 0. The number of ketones is 1. The smallest absolute Gasteiger partial charge is 0.229 e. The molecule has 35 heavy (non-hydrogen) atoms. The van der Waals surface area contributed by atoms with Gasteiger partial charge in [-0.25, -0.2) is 0 Å². The van der Waals surface area contributed by atoms with E-state index >= 15 is 0 Å². The van der Waals surface area contributed by atoms with Gasteiger partial charge >= 0.3 is 0 Å². The number of Topliss-reactive ketones (excluding diaryl/α,β-unsaturated/α-hetero) is 1. The average molecular weight is 487 g/mol. The summed E-state index contributed by atoms with van der Waals surface area (Å²) in [6.45, 7) is 12.7. The molecule has 5 fully saturated rings. The Labute approximate surface area is 215 Å². The molecule has 0 N–H and O–H groups in total. The third-order valence-corrected chi connectivity index (χ3v) is 13.1. The highest BCUT2D eigenvalue weighted by Gasteiger charge is 2.69. The van der Waals surface area contributed by atoms with Gasteiger partial charge in [-0.15, -0.1) is 0 Å². The number of rotatable bonds is 7. The number of methoxy groups -OCH3 is 2. The predicted molar refractivity (Wildman–Crippen MR) is 142 cm³/mol. The van der Waals surface area contributed by atoms with Crippen molar-refractivity contribution in [2.75, 3.05) is 14.2 Å². The molecule has 5 aliphatic carbocycles. The van der Waals surface area contributed by atoms with Crippen LogP contribution in [0.5, 0.6) is 0 Å². The van der Waals surface area contributed by atoms with Crippen molar-refractivity contribution in [3.8, 4) is 0 Å². The van der Waals surface area contributed by atoms with Gasteiger partial charge in [0.25, 0.3) is 0 Å². The lowest BCUT2D eigenvalue weighted by molar-refractivity contribution is -0.272. The lowest BCUT2D eigenvalue weighted by Crippen LogP contribution is -2.67. The SMILES string of the molecule is COC1(OC)C[C@]2(CC[C@@]3(C)[C@@H](CC[C@@H]4[C@@H]3CC[C@]3(C)[C@@H]([C@H](C)CCCC(C)C)CC[C@@H]43)C2)C1=O. The Morgan fingerprint density at radius 3 is 2.23 bits per heavy atom. The lowest BCUT2D eigenvalue weighted by Gasteiger charge is -2.65. The topological polar surface area (TPSA) is 35.5 Å². The van der Waals surface area contributed by atoms with E-state index in [0.29, 0.717) is 16.7 Å². The Kier molecular flexibility index (Phi) is 6.82. The van der Waals surface area contributed by atoms with Crippen molar-refractivity contribution in [1.29, 1.82) is 0 Å². The molecule has 0 aromatic heterocycles. The minimum atomic E-state index is -0.956. The first kappa shape index (κ1) is 26.2. The highest BCUT2D eigenvalue weighted by molar-refractivity contribution is 5.97. The van der Waals surface area contributed by atoms with Crippen LogP contribution in [0.2, 0.25) is 0 Å². The molecule has 1 spiro atoms. The molecule has 0 amide bonds. The molecule has 0 radical (unpaired) electrons. The van der Waals surface area contributed by atoms with Gasteiger partial charge in [0.2, 0.25) is 5.79 Å². The number of carbonyl (C=O) groups is 1. The second-order valence-electron chi connectivity index (χ2n) is 14.8. The summed E-state index contributed by atoms with van der Waals surface area (Å²) in [6, 6.07) is 0. The van der Waals surface area contributed by atoms with Crippen molar-refractivity contribution in [3.63, 3.8) is 0 Å². The van der Waals surface area contributed by atoms with Crippen molar-refractivity contribution in [2.24, 2.45) is 57.7 Å². The van der Waals surface area contributed by atoms with Crippen LogP contribution in [0.25, 0.3) is 0 Å². The average Bonchev–Trinajstić information content (AvgIpc) is 3.19. The Morgan fingerprint density at radius 2 is 1.57 bits per heavy atom. The standard InChI is InChI=1S/C32H54O3/c1-21(2)9-8-10-22(3)25-13-14-26-24-12-11-23-19-31(20-32(34-6,35-7)28(31)33)18-17-29(23,4)27(24)15-16-30(25,26)5/h21-27H,8-20H2,1-7H3/t22-,23+,24+,25-,26+,27+,29+,30-,31-/m1/s1. The van der Waals surface area contributed by atoms with Gasteiger partial charge in [0.15, 0.2) is 5.78 Å². The number of hydrogen-bond acceptors (Lipinski definition) is 3. The van der Waals surface area contributed by atoms with Gasteiger partial charge in [0.05, 0.1) is 0 Å². The first-order valence-corrected chi connectivity index (χ1v) is 15.2. The largest absolute Gasteiger partial charge is 0.347 e. The van der Waals surface area contributed by atoms with E-state index in [-0.39, 0.29) is 11.2 Å². The Morgan fingerprint density at radius 1 is 0.857 bits per heavy atom. The first-order valence-electron chi connectivity index (χ1n) is 15.2. The molecule has 0 aliphatic heterocycles. The minimum Gasteiger partial charge on any atom is -0.347 e. The molecular formula is C32H54O3. The fourth-order valence-electron chi connectivity index (χ4n) is 11.0. The summed E-state index contributed by atoms with van der Waals surface area (Å²) < 4.78 is 11.1. The van der Waals surface area contributed by atoms with Crippen LogP contribution in [0, 0.1) is 57.7 Å². The Balaban J connectivity index is 1.27. The zero-order valence-corrected chi connectivity index (χ0v) is 24.0. The van der Waals surface area contributed by atoms with Crippen LogP contribution >= 0.6 is 0 Å². The molecule has 0 heterocycles. The zero-order valence-electron chi connectivity index (χ0n) is 24.0. The van der Waals surface area contributed by atoms with E-state index in [1.54, 1.807) is 14.2 Å². The molecule has 5 rings (SSSR count). The second-order valence-corrected chi connectivity index (χ2v) is 14.8. The van der Waals surface area contributed by atoms with Gasteiger partial charge in [-0.05, 0) is 110 Å². The Hall–Kier alpha value is -0.410. The van der Waals surface area contributed by atoms with Gasteiger partial charge in [0.1, 0.15) is 0 Å². The molecule has 9 atom stereocenters. The molecule has 3 heteroatoms. The highest BCUT2D eigenvalue weighted by Crippen LogP contribution is 2.71. The number of ether oxygens (including phenoxy) is 2. The van der Waals surface area contributed by atoms with Crippen molar-refractivity contribution in [1.82, 2.24) is 0 Å². The number of fused-ring (bicyclic) bond motifs is 5. The molecule has 0 saturated heterocycles. The third kappa shape index (κ3) is 3.83. The van der Waals surface area contributed by atoms with Crippen LogP contribution in [-0.2, 0) is 14.3 Å². The lowest BCUT2D eigenvalue weighted by atomic mass is 9.40. The van der Waals surface area contributed by atoms with E-state index in [1.807, 2.05) is 0 Å². The molecule has 5 aliphatic rings. The monoisotopic (exact) mass is 486 g/mol. The Bertz CT molecular complexity index is 801. The summed E-state index contributed by atoms with van der Waals surface area (Å²) >= 11 is 0. The maximum Gasteiger partial charge on any atom is 0.229 e. The summed E-state index contributed by atoms with van der Waals surface area (Å²) in [6.07, 6.45) is 16.9. The van der Waals surface area contributed by atoms with Crippen LogP contribution in [0.15, 0.2) is 0 Å². The maximum atomic E-state index is 13.3. The first-order chi connectivity index (χ1) is 16.6. The minimum absolute atomic E-state index is 0.171. The van der Waals surface area contributed by atoms with Crippen LogP contribution < -0.4 is 0 Å². The van der Waals surface area contributed by atoms with Crippen molar-refractivity contribution in [2.45, 2.75) is 124 Å². The molecule has 0 aromatic carbocycles. The van der Waals surface area contributed by atoms with Crippen LogP contribution in [0.3, 0.4) is 0 Å². The summed E-state index contributed by atoms with van der Waals surface area (Å²) in [5, 5.41) is 0. The van der Waals surface area contributed by atoms with E-state index in [1.165, 1.54) is 64.2 Å². The van der Waals surface area contributed by atoms with Crippen molar-refractivity contribution >= 4 is 5.78 Å². The van der Waals surface area contributed by atoms with Crippen molar-refractivity contribution < 1.29 is 14.3 Å². The summed E-state index contributed by atoms with van der Waals surface area (Å²) in [5.74, 6) is 5.37. The van der Waals surface area contributed by atoms with Gasteiger partial charge < -0.3 is 9.47 Å². The second kappa shape index (κ2) is 9.11. The molecule has 0 unspecified atom stereocenters. The highest BCUT2D eigenvalue weighted by atomic mass is 16.7. The normalized spacial score (nSPS) is 47.2. The molecule has 0 bridgehead atoms. The van der Waals surface area contributed by atoms with E-state index < -0.39 is 5.79 Å². The van der Waals surface area contributed by atoms with Crippen LogP contribution in [0.1, 0.15) is 118 Å². The fourth-order valence-corrected chi connectivity index (χ4v) is 11.0. The maximum absolute atomic E-state index is 13.3. The molecule has 200 valence electrons. The quantitative estimate of drug-likeness (QED) is 0.341. The predicted octanol–water partition coefficient (Wildman–Crippen LogP) is 8.06. The van der Waals surface area contributed by atoms with Crippen LogP contribution in [0.4, 0.5) is 0 Å². The zero-order chi connectivity index (χ0) is 25.2.